The van der Waals surface area contributed by atoms with Crippen molar-refractivity contribution in [1.29, 1.82) is 0 Å². The molecule has 1 aromatic carbocycles. The predicted octanol–water partition coefficient (Wildman–Crippen LogP) is 3.29. The topological polar surface area (TPSA) is 61.0 Å². The Balaban J connectivity index is 1.84. The summed E-state index contributed by atoms with van der Waals surface area (Å²) in [7, 11) is 3.91. The van der Waals surface area contributed by atoms with Crippen LogP contribution in [-0.2, 0) is 4.79 Å². The number of amides is 1. The van der Waals surface area contributed by atoms with Crippen LogP contribution >= 0.6 is 0 Å². The van der Waals surface area contributed by atoms with Gasteiger partial charge in [-0.15, -0.1) is 0 Å². The number of pyridine rings is 1. The van der Waals surface area contributed by atoms with Crippen LogP contribution in [0.2, 0.25) is 0 Å². The first-order valence-corrected chi connectivity index (χ1v) is 7.78. The number of carbonyl (C=O) groups is 1. The van der Waals surface area contributed by atoms with Gasteiger partial charge in [-0.25, -0.2) is 4.98 Å². The van der Waals surface area contributed by atoms with Crippen LogP contribution in [0.3, 0.4) is 0 Å². The Morgan fingerprint density at radius 1 is 1.25 bits per heavy atom. The lowest BCUT2D eigenvalue weighted by Crippen LogP contribution is -2.12. The number of nitrogens with zero attached hydrogens (tertiary/aromatic N) is 2. The van der Waals surface area contributed by atoms with E-state index in [4.69, 9.17) is 0 Å². The third-order valence-electron chi connectivity index (χ3n) is 3.64. The molecule has 0 spiro atoms. The van der Waals surface area contributed by atoms with Crippen molar-refractivity contribution in [2.24, 2.45) is 0 Å². The lowest BCUT2D eigenvalue weighted by molar-refractivity contribution is -0.111. The molecule has 1 amide bonds. The lowest BCUT2D eigenvalue weighted by atomic mass is 10.1. The van der Waals surface area contributed by atoms with Gasteiger partial charge in [0.25, 0.3) is 0 Å². The molecule has 0 bridgehead atoms. The van der Waals surface area contributed by atoms with Crippen LogP contribution in [0.5, 0.6) is 0 Å². The van der Waals surface area contributed by atoms with Crippen molar-refractivity contribution in [3.8, 4) is 11.1 Å². The number of rotatable bonds is 5. The minimum absolute atomic E-state index is 0.150. The molecule has 24 heavy (non-hydrogen) atoms. The van der Waals surface area contributed by atoms with E-state index in [1.165, 1.54) is 0 Å². The third kappa shape index (κ3) is 3.70. The molecule has 122 valence electrons. The van der Waals surface area contributed by atoms with Crippen LogP contribution < -0.4 is 5.32 Å². The first-order valence-electron chi connectivity index (χ1n) is 7.78. The molecule has 2 heterocycles. The molecular weight excluding hydrogens is 300 g/mol. The summed E-state index contributed by atoms with van der Waals surface area (Å²) in [4.78, 5) is 21.6. The summed E-state index contributed by atoms with van der Waals surface area (Å²) in [5, 5.41) is 3.80. The highest BCUT2D eigenvalue weighted by molar-refractivity contribution is 6.05. The summed E-state index contributed by atoms with van der Waals surface area (Å²) in [6.07, 6.45) is 6.98. The Labute approximate surface area is 141 Å². The number of hydrogen-bond donors (Lipinski definition) is 2. The molecule has 2 N–H and O–H groups in total. The molecule has 0 unspecified atom stereocenters. The molecule has 3 aromatic rings. The van der Waals surface area contributed by atoms with E-state index in [0.29, 0.717) is 0 Å². The Morgan fingerprint density at radius 3 is 2.79 bits per heavy atom. The van der Waals surface area contributed by atoms with E-state index in [0.717, 1.165) is 34.4 Å². The predicted molar refractivity (Wildman–Crippen MR) is 97.9 cm³/mol. The van der Waals surface area contributed by atoms with Crippen molar-refractivity contribution in [2.75, 3.05) is 26.0 Å². The van der Waals surface area contributed by atoms with Crippen molar-refractivity contribution >= 4 is 22.6 Å². The van der Waals surface area contributed by atoms with Gasteiger partial charge in [-0.2, -0.15) is 0 Å². The van der Waals surface area contributed by atoms with E-state index in [-0.39, 0.29) is 5.91 Å². The van der Waals surface area contributed by atoms with E-state index in [1.54, 1.807) is 12.3 Å². The summed E-state index contributed by atoms with van der Waals surface area (Å²) in [5.41, 5.74) is 3.59. The maximum atomic E-state index is 12.0. The molecule has 0 saturated heterocycles. The maximum absolute atomic E-state index is 12.0. The maximum Gasteiger partial charge on any atom is 0.248 e. The molecule has 0 radical (unpaired) electrons. The average molecular weight is 320 g/mol. The minimum atomic E-state index is -0.150. The number of aromatic amines is 1. The van der Waals surface area contributed by atoms with Crippen LogP contribution in [0, 0.1) is 0 Å². The number of fused-ring (bicyclic) bond motifs is 1. The molecular formula is C19H20N4O. The van der Waals surface area contributed by atoms with Crippen molar-refractivity contribution in [1.82, 2.24) is 14.9 Å². The second-order valence-electron chi connectivity index (χ2n) is 5.84. The fourth-order valence-electron chi connectivity index (χ4n) is 2.44. The lowest BCUT2D eigenvalue weighted by Gasteiger charge is -2.05. The Kier molecular flexibility index (Phi) is 4.72. The first kappa shape index (κ1) is 16.0. The van der Waals surface area contributed by atoms with Gasteiger partial charge in [0.1, 0.15) is 5.65 Å². The van der Waals surface area contributed by atoms with Gasteiger partial charge in [0.2, 0.25) is 5.91 Å². The quantitative estimate of drug-likeness (QED) is 0.709. The van der Waals surface area contributed by atoms with Gasteiger partial charge in [-0.05, 0) is 25.7 Å². The monoisotopic (exact) mass is 320 g/mol. The Bertz CT molecular complexity index is 865. The van der Waals surface area contributed by atoms with Crippen molar-refractivity contribution in [2.45, 2.75) is 0 Å². The van der Waals surface area contributed by atoms with Crippen molar-refractivity contribution in [3.63, 3.8) is 0 Å². The van der Waals surface area contributed by atoms with Crippen LogP contribution in [0.4, 0.5) is 5.69 Å². The average Bonchev–Trinajstić information content (AvgIpc) is 2.97. The summed E-state index contributed by atoms with van der Waals surface area (Å²) < 4.78 is 0. The molecule has 0 aliphatic heterocycles. The highest BCUT2D eigenvalue weighted by atomic mass is 16.1. The smallest absolute Gasteiger partial charge is 0.248 e. The number of likely N-dealkylation sites (N-methyl/N-ethyl adjacent to an activating group) is 1. The summed E-state index contributed by atoms with van der Waals surface area (Å²) in [6.45, 7) is 0.723. The SMILES string of the molecule is CN(C)CC=CC(=O)Nc1c[nH]c2ncc(-c3ccccc3)cc12. The van der Waals surface area contributed by atoms with E-state index in [1.807, 2.05) is 67.7 Å². The molecule has 0 aliphatic carbocycles. The zero-order chi connectivity index (χ0) is 16.9. The highest BCUT2D eigenvalue weighted by Crippen LogP contribution is 2.27. The number of aromatic nitrogens is 2. The van der Waals surface area contributed by atoms with Gasteiger partial charge in [0.15, 0.2) is 0 Å². The van der Waals surface area contributed by atoms with Gasteiger partial charge >= 0.3 is 0 Å². The highest BCUT2D eigenvalue weighted by Gasteiger charge is 2.08. The fourth-order valence-corrected chi connectivity index (χ4v) is 2.44. The van der Waals surface area contributed by atoms with E-state index >= 15 is 0 Å². The molecule has 0 fully saturated rings. The van der Waals surface area contributed by atoms with Crippen molar-refractivity contribution in [3.05, 3.63) is 60.9 Å². The number of benzene rings is 1. The zero-order valence-corrected chi connectivity index (χ0v) is 13.8. The normalized spacial score (nSPS) is 11.5. The number of carbonyl (C=O) groups excluding carboxylic acids is 1. The summed E-state index contributed by atoms with van der Waals surface area (Å²) in [5.74, 6) is -0.150. The third-order valence-corrected chi connectivity index (χ3v) is 3.64. The number of anilines is 1. The second-order valence-corrected chi connectivity index (χ2v) is 5.84. The first-order chi connectivity index (χ1) is 11.6. The zero-order valence-electron chi connectivity index (χ0n) is 13.8. The van der Waals surface area contributed by atoms with Gasteiger partial charge in [-0.1, -0.05) is 36.4 Å². The van der Waals surface area contributed by atoms with Crippen LogP contribution in [0.1, 0.15) is 0 Å². The van der Waals surface area contributed by atoms with Crippen LogP contribution in [0.25, 0.3) is 22.2 Å². The fraction of sp³-hybridized carbons (Fsp3) is 0.158. The van der Waals surface area contributed by atoms with Crippen LogP contribution in [0.15, 0.2) is 60.9 Å². The molecule has 5 heteroatoms. The van der Waals surface area contributed by atoms with E-state index in [2.05, 4.69) is 15.3 Å². The molecule has 0 saturated carbocycles. The Morgan fingerprint density at radius 2 is 2.04 bits per heavy atom. The summed E-state index contributed by atoms with van der Waals surface area (Å²) >= 11 is 0. The van der Waals surface area contributed by atoms with E-state index < -0.39 is 0 Å². The second kappa shape index (κ2) is 7.10. The number of H-pyrrole nitrogens is 1. The van der Waals surface area contributed by atoms with Gasteiger partial charge < -0.3 is 15.2 Å². The van der Waals surface area contributed by atoms with Gasteiger partial charge in [0.05, 0.1) is 5.69 Å². The number of hydrogen-bond acceptors (Lipinski definition) is 3. The van der Waals surface area contributed by atoms with Gasteiger partial charge in [-0.3, -0.25) is 4.79 Å². The van der Waals surface area contributed by atoms with Gasteiger partial charge in [0, 0.05) is 36.0 Å². The molecule has 2 aromatic heterocycles. The summed E-state index contributed by atoms with van der Waals surface area (Å²) in [6, 6.07) is 12.1. The van der Waals surface area contributed by atoms with Crippen LogP contribution in [-0.4, -0.2) is 41.4 Å². The molecule has 0 atom stereocenters. The molecule has 0 aliphatic rings. The molecule has 3 rings (SSSR count). The minimum Gasteiger partial charge on any atom is -0.344 e. The Hall–Kier alpha value is -2.92. The van der Waals surface area contributed by atoms with E-state index in [9.17, 15) is 4.79 Å². The standard InChI is InChI=1S/C19H20N4O/c1-23(2)10-6-9-18(24)22-17-13-21-19-16(17)11-15(12-20-19)14-7-4-3-5-8-14/h3-9,11-13H,10H2,1-2H3,(H,20,21)(H,22,24). The largest absolute Gasteiger partial charge is 0.344 e. The molecule has 5 nitrogen and oxygen atoms in total. The van der Waals surface area contributed by atoms with Crippen molar-refractivity contribution < 1.29 is 4.79 Å². The number of nitrogens with one attached hydrogen (secondary N) is 2.